The molecular weight excluding hydrogens is 429 g/mol. The summed E-state index contributed by atoms with van der Waals surface area (Å²) in [7, 11) is 1.69. The van der Waals surface area contributed by atoms with E-state index in [0.717, 1.165) is 23.3 Å². The van der Waals surface area contributed by atoms with Crippen molar-refractivity contribution >= 4 is 5.91 Å². The maximum Gasteiger partial charge on any atom is 0.223 e. The second-order valence-corrected chi connectivity index (χ2v) is 7.61. The summed E-state index contributed by atoms with van der Waals surface area (Å²) >= 11 is 0. The van der Waals surface area contributed by atoms with E-state index in [2.05, 4.69) is 4.98 Å². The highest BCUT2D eigenvalue weighted by atomic mass is 19.1. The van der Waals surface area contributed by atoms with Crippen molar-refractivity contribution < 1.29 is 22.4 Å². The molecule has 3 aromatic carbocycles. The van der Waals surface area contributed by atoms with Gasteiger partial charge < -0.3 is 9.32 Å². The van der Waals surface area contributed by atoms with Gasteiger partial charge in [0.25, 0.3) is 0 Å². The first-order valence-electron chi connectivity index (χ1n) is 10.4. The Balaban J connectivity index is 1.49. The zero-order valence-electron chi connectivity index (χ0n) is 17.8. The Morgan fingerprint density at radius 2 is 1.61 bits per heavy atom. The summed E-state index contributed by atoms with van der Waals surface area (Å²) in [6, 6.07) is 18.3. The summed E-state index contributed by atoms with van der Waals surface area (Å²) < 4.78 is 46.2. The van der Waals surface area contributed by atoms with E-state index in [9.17, 15) is 18.0 Å². The van der Waals surface area contributed by atoms with Crippen molar-refractivity contribution in [2.45, 2.75) is 18.9 Å². The highest BCUT2D eigenvalue weighted by molar-refractivity contribution is 5.77. The SMILES string of the molecule is CN(C(=O)CCc1ncc(-c2ccc(F)cc2F)o1)C(c1ccccc1)c1ccc(F)cc1. The van der Waals surface area contributed by atoms with Crippen LogP contribution in [-0.2, 0) is 11.2 Å². The van der Waals surface area contributed by atoms with Gasteiger partial charge in [-0.05, 0) is 35.4 Å². The Labute approximate surface area is 189 Å². The van der Waals surface area contributed by atoms with Crippen LogP contribution >= 0.6 is 0 Å². The molecule has 0 aliphatic heterocycles. The van der Waals surface area contributed by atoms with E-state index in [1.54, 1.807) is 24.1 Å². The Bertz CT molecular complexity index is 1240. The summed E-state index contributed by atoms with van der Waals surface area (Å²) in [6.07, 6.45) is 1.66. The minimum absolute atomic E-state index is 0.0963. The number of amides is 1. The van der Waals surface area contributed by atoms with Crippen LogP contribution in [0.3, 0.4) is 0 Å². The third-order valence-electron chi connectivity index (χ3n) is 5.38. The lowest BCUT2D eigenvalue weighted by Crippen LogP contribution is -2.32. The minimum Gasteiger partial charge on any atom is -0.441 e. The van der Waals surface area contributed by atoms with E-state index in [1.807, 2.05) is 30.3 Å². The number of oxazole rings is 1. The van der Waals surface area contributed by atoms with Crippen LogP contribution in [0.15, 0.2) is 83.4 Å². The van der Waals surface area contributed by atoms with E-state index in [4.69, 9.17) is 4.42 Å². The van der Waals surface area contributed by atoms with Crippen molar-refractivity contribution in [3.8, 4) is 11.3 Å². The van der Waals surface area contributed by atoms with Crippen molar-refractivity contribution in [3.63, 3.8) is 0 Å². The van der Waals surface area contributed by atoms with Crippen LogP contribution in [0.25, 0.3) is 11.3 Å². The number of aromatic nitrogens is 1. The van der Waals surface area contributed by atoms with Crippen molar-refractivity contribution in [2.24, 2.45) is 0 Å². The quantitative estimate of drug-likeness (QED) is 0.350. The molecule has 1 unspecified atom stereocenters. The molecule has 168 valence electrons. The third kappa shape index (κ3) is 5.14. The maximum atomic E-state index is 14.0. The first-order valence-corrected chi connectivity index (χ1v) is 10.4. The molecule has 0 spiro atoms. The summed E-state index contributed by atoms with van der Waals surface area (Å²) in [5.41, 5.74) is 1.77. The first kappa shape index (κ1) is 22.3. The fraction of sp³-hybridized carbons (Fsp3) is 0.154. The molecule has 0 N–H and O–H groups in total. The molecule has 1 heterocycles. The molecule has 1 atom stereocenters. The lowest BCUT2D eigenvalue weighted by atomic mass is 9.97. The van der Waals surface area contributed by atoms with E-state index in [1.165, 1.54) is 24.4 Å². The second kappa shape index (κ2) is 9.73. The maximum absolute atomic E-state index is 14.0. The summed E-state index contributed by atoms with van der Waals surface area (Å²) in [4.78, 5) is 18.7. The number of hydrogen-bond donors (Lipinski definition) is 0. The van der Waals surface area contributed by atoms with Crippen molar-refractivity contribution in [1.82, 2.24) is 9.88 Å². The van der Waals surface area contributed by atoms with Crippen LogP contribution in [0.2, 0.25) is 0 Å². The smallest absolute Gasteiger partial charge is 0.223 e. The van der Waals surface area contributed by atoms with Gasteiger partial charge >= 0.3 is 0 Å². The molecule has 0 saturated heterocycles. The fourth-order valence-electron chi connectivity index (χ4n) is 3.69. The number of benzene rings is 3. The highest BCUT2D eigenvalue weighted by Gasteiger charge is 2.24. The van der Waals surface area contributed by atoms with Gasteiger partial charge in [0.2, 0.25) is 5.91 Å². The second-order valence-electron chi connectivity index (χ2n) is 7.61. The number of halogens is 3. The molecule has 4 rings (SSSR count). The normalized spacial score (nSPS) is 11.9. The van der Waals surface area contributed by atoms with Gasteiger partial charge in [-0.15, -0.1) is 0 Å². The zero-order chi connectivity index (χ0) is 23.4. The standard InChI is InChI=1S/C26H21F3N2O2/c1-31(26(17-5-3-2-4-6-17)18-7-9-19(27)10-8-18)25(32)14-13-24-30-16-23(33-24)21-12-11-20(28)15-22(21)29/h2-12,15-16,26H,13-14H2,1H3. The predicted molar refractivity (Wildman–Crippen MR) is 118 cm³/mol. The molecule has 7 heteroatoms. The largest absolute Gasteiger partial charge is 0.441 e. The summed E-state index contributed by atoms with van der Waals surface area (Å²) in [5, 5.41) is 0. The molecule has 0 radical (unpaired) electrons. The lowest BCUT2D eigenvalue weighted by Gasteiger charge is -2.29. The number of aryl methyl sites for hydroxylation is 1. The number of nitrogens with zero attached hydrogens (tertiary/aromatic N) is 2. The van der Waals surface area contributed by atoms with Crippen LogP contribution in [0.5, 0.6) is 0 Å². The number of carbonyl (C=O) groups excluding carboxylic acids is 1. The van der Waals surface area contributed by atoms with Crippen LogP contribution in [0.1, 0.15) is 29.5 Å². The molecule has 0 aliphatic rings. The van der Waals surface area contributed by atoms with Crippen LogP contribution < -0.4 is 0 Å². The molecule has 0 fully saturated rings. The van der Waals surface area contributed by atoms with Gasteiger partial charge in [0.1, 0.15) is 17.5 Å². The molecule has 1 amide bonds. The van der Waals surface area contributed by atoms with E-state index in [-0.39, 0.29) is 41.8 Å². The molecule has 4 nitrogen and oxygen atoms in total. The molecule has 0 saturated carbocycles. The minimum atomic E-state index is -0.751. The topological polar surface area (TPSA) is 46.3 Å². The highest BCUT2D eigenvalue weighted by Crippen LogP contribution is 2.29. The van der Waals surface area contributed by atoms with Crippen molar-refractivity contribution in [2.75, 3.05) is 7.05 Å². The van der Waals surface area contributed by atoms with Crippen molar-refractivity contribution in [1.29, 1.82) is 0 Å². The first-order chi connectivity index (χ1) is 15.9. The molecule has 0 aliphatic carbocycles. The number of rotatable bonds is 7. The molecular formula is C26H21F3N2O2. The Morgan fingerprint density at radius 1 is 0.939 bits per heavy atom. The van der Waals surface area contributed by atoms with Crippen LogP contribution in [0.4, 0.5) is 13.2 Å². The third-order valence-corrected chi connectivity index (χ3v) is 5.38. The van der Waals surface area contributed by atoms with E-state index >= 15 is 0 Å². The van der Waals surface area contributed by atoms with Gasteiger partial charge in [0.15, 0.2) is 11.7 Å². The molecule has 4 aromatic rings. The lowest BCUT2D eigenvalue weighted by molar-refractivity contribution is -0.131. The number of carbonyl (C=O) groups is 1. The molecule has 1 aromatic heterocycles. The molecule has 33 heavy (non-hydrogen) atoms. The van der Waals surface area contributed by atoms with Gasteiger partial charge in [-0.25, -0.2) is 18.2 Å². The predicted octanol–water partition coefficient (Wildman–Crippen LogP) is 5.94. The monoisotopic (exact) mass is 450 g/mol. The average molecular weight is 450 g/mol. The summed E-state index contributed by atoms with van der Waals surface area (Å²) in [5.74, 6) is -1.51. The molecule has 0 bridgehead atoms. The van der Waals surface area contributed by atoms with Crippen LogP contribution in [0, 0.1) is 17.5 Å². The Kier molecular flexibility index (Phi) is 6.58. The zero-order valence-corrected chi connectivity index (χ0v) is 17.8. The Morgan fingerprint density at radius 3 is 2.30 bits per heavy atom. The van der Waals surface area contributed by atoms with Crippen molar-refractivity contribution in [3.05, 3.63) is 113 Å². The van der Waals surface area contributed by atoms with Gasteiger partial charge in [-0.3, -0.25) is 4.79 Å². The van der Waals surface area contributed by atoms with E-state index in [0.29, 0.717) is 0 Å². The fourth-order valence-corrected chi connectivity index (χ4v) is 3.69. The van der Waals surface area contributed by atoms with Gasteiger partial charge in [-0.1, -0.05) is 42.5 Å². The van der Waals surface area contributed by atoms with Gasteiger partial charge in [0.05, 0.1) is 17.8 Å². The van der Waals surface area contributed by atoms with Gasteiger partial charge in [0, 0.05) is 26.0 Å². The number of hydrogen-bond acceptors (Lipinski definition) is 3. The summed E-state index contributed by atoms with van der Waals surface area (Å²) in [6.45, 7) is 0. The Hall–Kier alpha value is -3.87. The average Bonchev–Trinajstić information content (AvgIpc) is 3.28. The van der Waals surface area contributed by atoms with Gasteiger partial charge in [-0.2, -0.15) is 0 Å². The van der Waals surface area contributed by atoms with Crippen LogP contribution in [-0.4, -0.2) is 22.8 Å². The van der Waals surface area contributed by atoms with E-state index < -0.39 is 17.7 Å².